The molecule has 0 unspecified atom stereocenters. The summed E-state index contributed by atoms with van der Waals surface area (Å²) in [5, 5.41) is 20.3. The molecule has 20 heavy (non-hydrogen) atoms. The smallest absolute Gasteiger partial charge is 0.317 e. The maximum atomic E-state index is 10.8. The molecule has 1 fully saturated rings. The molecule has 3 N–H and O–H groups in total. The molecule has 0 bridgehead atoms. The summed E-state index contributed by atoms with van der Waals surface area (Å²) in [7, 11) is 0. The molecule has 0 aliphatic carbocycles. The molecule has 7 nitrogen and oxygen atoms in total. The van der Waals surface area contributed by atoms with E-state index in [1.165, 1.54) is 0 Å². The highest BCUT2D eigenvalue weighted by molar-refractivity contribution is 5.69. The van der Waals surface area contributed by atoms with Crippen molar-refractivity contribution in [3.8, 4) is 0 Å². The molecule has 0 amide bonds. The van der Waals surface area contributed by atoms with Crippen LogP contribution in [0.15, 0.2) is 0 Å². The second kappa shape index (κ2) is 9.68. The Hall–Kier alpha value is -1.18. The van der Waals surface area contributed by atoms with Gasteiger partial charge in [0.25, 0.3) is 0 Å². The Labute approximate surface area is 119 Å². The third kappa shape index (κ3) is 8.08. The van der Waals surface area contributed by atoms with Crippen molar-refractivity contribution in [2.75, 3.05) is 52.4 Å². The largest absolute Gasteiger partial charge is 0.480 e. The minimum absolute atomic E-state index is 0.0149. The molecular formula is C13H25N3O4. The summed E-state index contributed by atoms with van der Waals surface area (Å²) in [6, 6.07) is 0. The van der Waals surface area contributed by atoms with Crippen LogP contribution in [0, 0.1) is 0 Å². The highest BCUT2D eigenvalue weighted by Gasteiger charge is 2.14. The number of carbonyl (C=O) groups is 2. The van der Waals surface area contributed by atoms with Crippen LogP contribution in [0.5, 0.6) is 0 Å². The summed E-state index contributed by atoms with van der Waals surface area (Å²) in [6.45, 7) is 4.96. The van der Waals surface area contributed by atoms with Gasteiger partial charge in [0.05, 0.1) is 13.1 Å². The van der Waals surface area contributed by atoms with E-state index in [-0.39, 0.29) is 13.1 Å². The van der Waals surface area contributed by atoms with Crippen molar-refractivity contribution < 1.29 is 19.8 Å². The SMILES string of the molecule is O=C(O)CNCCN1CCCCCN(CC(=O)O)CC1. The topological polar surface area (TPSA) is 93.1 Å². The molecule has 0 aromatic heterocycles. The Morgan fingerprint density at radius 2 is 1.55 bits per heavy atom. The van der Waals surface area contributed by atoms with Gasteiger partial charge in [-0.3, -0.25) is 14.5 Å². The highest BCUT2D eigenvalue weighted by Crippen LogP contribution is 2.05. The predicted octanol–water partition coefficient (Wildman–Crippen LogP) is -0.467. The number of hydrogen-bond acceptors (Lipinski definition) is 5. The van der Waals surface area contributed by atoms with Crippen molar-refractivity contribution >= 4 is 11.9 Å². The van der Waals surface area contributed by atoms with Gasteiger partial charge in [-0.05, 0) is 25.9 Å². The first-order chi connectivity index (χ1) is 9.58. The first-order valence-corrected chi connectivity index (χ1v) is 7.17. The van der Waals surface area contributed by atoms with Crippen LogP contribution < -0.4 is 5.32 Å². The van der Waals surface area contributed by atoms with Gasteiger partial charge in [-0.2, -0.15) is 0 Å². The fourth-order valence-electron chi connectivity index (χ4n) is 2.36. The van der Waals surface area contributed by atoms with Crippen LogP contribution in [-0.2, 0) is 9.59 Å². The standard InChI is InChI=1S/C13H25N3O4/c17-12(18)10-14-4-7-15-5-2-1-3-6-16(9-8-15)11-13(19)20/h14H,1-11H2,(H,17,18)(H,19,20). The molecule has 1 heterocycles. The van der Waals surface area contributed by atoms with Gasteiger partial charge in [0, 0.05) is 26.2 Å². The van der Waals surface area contributed by atoms with Crippen LogP contribution in [0.1, 0.15) is 19.3 Å². The Morgan fingerprint density at radius 3 is 2.20 bits per heavy atom. The molecule has 7 heteroatoms. The van der Waals surface area contributed by atoms with Gasteiger partial charge in [-0.1, -0.05) is 6.42 Å². The molecule has 1 aliphatic rings. The normalized spacial score (nSPS) is 19.0. The van der Waals surface area contributed by atoms with Gasteiger partial charge in [-0.25, -0.2) is 0 Å². The molecule has 1 rings (SSSR count). The van der Waals surface area contributed by atoms with E-state index in [1.54, 1.807) is 0 Å². The zero-order valence-electron chi connectivity index (χ0n) is 11.9. The second-order valence-electron chi connectivity index (χ2n) is 5.14. The Morgan fingerprint density at radius 1 is 0.900 bits per heavy atom. The number of nitrogens with zero attached hydrogens (tertiary/aromatic N) is 2. The third-order valence-corrected chi connectivity index (χ3v) is 3.42. The molecule has 1 aliphatic heterocycles. The summed E-state index contributed by atoms with van der Waals surface area (Å²) in [4.78, 5) is 25.4. The molecule has 116 valence electrons. The summed E-state index contributed by atoms with van der Waals surface area (Å²) < 4.78 is 0. The maximum absolute atomic E-state index is 10.8. The minimum Gasteiger partial charge on any atom is -0.480 e. The fourth-order valence-corrected chi connectivity index (χ4v) is 2.36. The van der Waals surface area contributed by atoms with Crippen molar-refractivity contribution in [1.29, 1.82) is 0 Å². The quantitative estimate of drug-likeness (QED) is 0.545. The molecule has 1 saturated heterocycles. The molecule has 0 radical (unpaired) electrons. The van der Waals surface area contributed by atoms with Gasteiger partial charge < -0.3 is 20.4 Å². The number of carboxylic acids is 2. The molecule has 0 saturated carbocycles. The minimum atomic E-state index is -0.845. The average molecular weight is 287 g/mol. The van der Waals surface area contributed by atoms with Gasteiger partial charge in [0.1, 0.15) is 0 Å². The Balaban J connectivity index is 2.30. The van der Waals surface area contributed by atoms with Crippen molar-refractivity contribution in [2.45, 2.75) is 19.3 Å². The zero-order chi connectivity index (χ0) is 14.8. The maximum Gasteiger partial charge on any atom is 0.317 e. The van der Waals surface area contributed by atoms with Crippen LogP contribution >= 0.6 is 0 Å². The van der Waals surface area contributed by atoms with Gasteiger partial charge in [0.2, 0.25) is 0 Å². The zero-order valence-corrected chi connectivity index (χ0v) is 11.9. The summed E-state index contributed by atoms with van der Waals surface area (Å²) in [6.07, 6.45) is 3.26. The van der Waals surface area contributed by atoms with Gasteiger partial charge >= 0.3 is 11.9 Å². The summed E-state index contributed by atoms with van der Waals surface area (Å²) >= 11 is 0. The Bertz CT molecular complexity index is 312. The van der Waals surface area contributed by atoms with E-state index < -0.39 is 11.9 Å². The first kappa shape index (κ1) is 16.9. The third-order valence-electron chi connectivity index (χ3n) is 3.42. The lowest BCUT2D eigenvalue weighted by Gasteiger charge is -2.25. The van der Waals surface area contributed by atoms with E-state index in [0.29, 0.717) is 6.54 Å². The molecule has 0 aromatic rings. The van der Waals surface area contributed by atoms with Crippen LogP contribution in [0.4, 0.5) is 0 Å². The lowest BCUT2D eigenvalue weighted by Crippen LogP contribution is -2.40. The van der Waals surface area contributed by atoms with E-state index in [9.17, 15) is 9.59 Å². The van der Waals surface area contributed by atoms with Crippen LogP contribution in [0.25, 0.3) is 0 Å². The summed E-state index contributed by atoms with van der Waals surface area (Å²) in [5.41, 5.74) is 0. The van der Waals surface area contributed by atoms with Crippen LogP contribution in [-0.4, -0.2) is 84.3 Å². The number of nitrogens with one attached hydrogen (secondary N) is 1. The lowest BCUT2D eigenvalue weighted by molar-refractivity contribution is -0.138. The fraction of sp³-hybridized carbons (Fsp3) is 0.846. The average Bonchev–Trinajstić information content (AvgIpc) is 2.47. The van der Waals surface area contributed by atoms with Crippen LogP contribution in [0.2, 0.25) is 0 Å². The number of hydrogen-bond donors (Lipinski definition) is 3. The van der Waals surface area contributed by atoms with Crippen molar-refractivity contribution in [3.05, 3.63) is 0 Å². The Kier molecular flexibility index (Phi) is 8.17. The van der Waals surface area contributed by atoms with E-state index in [0.717, 1.165) is 52.0 Å². The molecule has 0 aromatic carbocycles. The van der Waals surface area contributed by atoms with Gasteiger partial charge in [0.15, 0.2) is 0 Å². The molecular weight excluding hydrogens is 262 g/mol. The number of rotatable bonds is 7. The molecule has 0 spiro atoms. The number of carboxylic acid groups (broad SMARTS) is 2. The van der Waals surface area contributed by atoms with Crippen molar-refractivity contribution in [1.82, 2.24) is 15.1 Å². The van der Waals surface area contributed by atoms with Gasteiger partial charge in [-0.15, -0.1) is 0 Å². The predicted molar refractivity (Wildman–Crippen MR) is 74.9 cm³/mol. The first-order valence-electron chi connectivity index (χ1n) is 7.17. The highest BCUT2D eigenvalue weighted by atomic mass is 16.4. The van der Waals surface area contributed by atoms with E-state index in [4.69, 9.17) is 10.2 Å². The van der Waals surface area contributed by atoms with Crippen molar-refractivity contribution in [2.24, 2.45) is 0 Å². The lowest BCUT2D eigenvalue weighted by atomic mass is 10.2. The van der Waals surface area contributed by atoms with Crippen molar-refractivity contribution in [3.63, 3.8) is 0 Å². The molecule has 0 atom stereocenters. The van der Waals surface area contributed by atoms with E-state index in [1.807, 2.05) is 4.90 Å². The monoisotopic (exact) mass is 287 g/mol. The summed E-state index contributed by atoms with van der Waals surface area (Å²) in [5.74, 6) is -1.62. The number of aliphatic carboxylic acids is 2. The van der Waals surface area contributed by atoms with E-state index in [2.05, 4.69) is 10.2 Å². The second-order valence-corrected chi connectivity index (χ2v) is 5.14. The van der Waals surface area contributed by atoms with E-state index >= 15 is 0 Å². The van der Waals surface area contributed by atoms with Crippen LogP contribution in [0.3, 0.4) is 0 Å².